The largest absolute Gasteiger partial charge is 0.507 e. The van der Waals surface area contributed by atoms with Crippen molar-refractivity contribution in [3.05, 3.63) is 82.4 Å². The number of aliphatic hydroxyl groups is 1. The normalized spacial score (nSPS) is 16.0. The molecule has 4 rings (SSSR count). The molecule has 1 aromatic heterocycles. The number of hydrogen-bond donors (Lipinski definition) is 1. The van der Waals surface area contributed by atoms with Gasteiger partial charge in [-0.1, -0.05) is 30.1 Å². The number of thiazole rings is 1. The first-order chi connectivity index (χ1) is 19.7. The van der Waals surface area contributed by atoms with Crippen LogP contribution in [0.15, 0.2) is 60.7 Å². The molecule has 0 aliphatic carbocycles. The molecule has 0 bridgehead atoms. The van der Waals surface area contributed by atoms with Gasteiger partial charge < -0.3 is 24.1 Å². The smallest absolute Gasteiger partial charge is 0.350 e. The van der Waals surface area contributed by atoms with Crippen LogP contribution in [-0.2, 0) is 14.3 Å². The number of benzene rings is 2. The molecule has 1 saturated heterocycles. The van der Waals surface area contributed by atoms with Crippen LogP contribution >= 0.6 is 11.3 Å². The van der Waals surface area contributed by atoms with E-state index in [9.17, 15) is 19.5 Å². The Balaban J connectivity index is 1.92. The molecule has 0 radical (unpaired) electrons. The predicted octanol–water partition coefficient (Wildman–Crippen LogP) is 5.23. The van der Waals surface area contributed by atoms with Crippen LogP contribution in [0, 0.1) is 6.92 Å². The number of carbonyl (C=O) groups excluding carboxylic acids is 3. The number of amides is 1. The number of hydrogen-bond acceptors (Lipinski definition) is 10. The standard InChI is InChI=1S/C30H30N2O8S/c1-6-15-40-21-14-11-19(16-22(21)38-7-2)24-23(25(33)18-9-12-20(37-5)13-10-18)26(34)28(35)32(24)30-31-17(4)27(41-30)29(36)39-8-3/h6,9-14,16,24,33H,1,7-8,15H2,2-5H3/b25-23+. The maximum atomic E-state index is 13.6. The Hall–Kier alpha value is -4.64. The van der Waals surface area contributed by atoms with Crippen molar-refractivity contribution < 1.29 is 38.4 Å². The quantitative estimate of drug-likeness (QED) is 0.107. The first-order valence-electron chi connectivity index (χ1n) is 12.9. The highest BCUT2D eigenvalue weighted by Gasteiger charge is 2.48. The first kappa shape index (κ1) is 29.3. The van der Waals surface area contributed by atoms with Crippen LogP contribution in [0.4, 0.5) is 5.13 Å². The van der Waals surface area contributed by atoms with Gasteiger partial charge in [-0.15, -0.1) is 0 Å². The third-order valence-electron chi connectivity index (χ3n) is 6.20. The van der Waals surface area contributed by atoms with Gasteiger partial charge in [-0.25, -0.2) is 9.78 Å². The number of anilines is 1. The van der Waals surface area contributed by atoms with Crippen LogP contribution in [0.5, 0.6) is 17.2 Å². The summed E-state index contributed by atoms with van der Waals surface area (Å²) in [6, 6.07) is 10.3. The molecule has 214 valence electrons. The molecule has 1 fully saturated rings. The van der Waals surface area contributed by atoms with E-state index in [0.717, 1.165) is 11.3 Å². The SMILES string of the molecule is C=CCOc1ccc(C2/C(=C(\O)c3ccc(OC)cc3)C(=O)C(=O)N2c2nc(C)c(C(=O)OCC)s2)cc1OCC. The Labute approximate surface area is 241 Å². The van der Waals surface area contributed by atoms with E-state index in [1.165, 1.54) is 12.0 Å². The van der Waals surface area contributed by atoms with Crippen molar-refractivity contribution in [1.82, 2.24) is 4.98 Å². The summed E-state index contributed by atoms with van der Waals surface area (Å²) in [5, 5.41) is 11.5. The van der Waals surface area contributed by atoms with Gasteiger partial charge in [0.05, 0.1) is 37.6 Å². The lowest BCUT2D eigenvalue weighted by atomic mass is 9.95. The number of aromatic nitrogens is 1. The molecular formula is C30H30N2O8S. The third-order valence-corrected chi connectivity index (χ3v) is 7.34. The zero-order valence-electron chi connectivity index (χ0n) is 23.1. The maximum Gasteiger partial charge on any atom is 0.350 e. The number of carbonyl (C=O) groups is 3. The van der Waals surface area contributed by atoms with E-state index in [1.807, 2.05) is 6.92 Å². The van der Waals surface area contributed by atoms with Gasteiger partial charge in [0.25, 0.3) is 5.78 Å². The minimum absolute atomic E-state index is 0.108. The third kappa shape index (κ3) is 5.80. The highest BCUT2D eigenvalue weighted by molar-refractivity contribution is 7.17. The van der Waals surface area contributed by atoms with E-state index >= 15 is 0 Å². The van der Waals surface area contributed by atoms with E-state index in [-0.39, 0.29) is 34.6 Å². The predicted molar refractivity (Wildman–Crippen MR) is 154 cm³/mol. The number of aryl methyl sites for hydroxylation is 1. The number of ether oxygens (including phenoxy) is 4. The van der Waals surface area contributed by atoms with Gasteiger partial charge in [0.2, 0.25) is 0 Å². The van der Waals surface area contributed by atoms with E-state index in [1.54, 1.807) is 62.4 Å². The number of rotatable bonds is 11. The summed E-state index contributed by atoms with van der Waals surface area (Å²) in [6.07, 6.45) is 1.60. The minimum Gasteiger partial charge on any atom is -0.507 e. The summed E-state index contributed by atoms with van der Waals surface area (Å²) in [7, 11) is 1.51. The molecular weight excluding hydrogens is 548 g/mol. The van der Waals surface area contributed by atoms with E-state index in [2.05, 4.69) is 11.6 Å². The topological polar surface area (TPSA) is 124 Å². The average molecular weight is 579 g/mol. The van der Waals surface area contributed by atoms with Crippen molar-refractivity contribution in [3.63, 3.8) is 0 Å². The Bertz CT molecular complexity index is 1510. The zero-order chi connectivity index (χ0) is 29.7. The van der Waals surface area contributed by atoms with Crippen molar-refractivity contribution in [2.45, 2.75) is 26.8 Å². The van der Waals surface area contributed by atoms with Gasteiger partial charge in [-0.3, -0.25) is 14.5 Å². The van der Waals surface area contributed by atoms with Crippen LogP contribution in [0.3, 0.4) is 0 Å². The van der Waals surface area contributed by atoms with Crippen molar-refractivity contribution in [1.29, 1.82) is 0 Å². The van der Waals surface area contributed by atoms with Crippen LogP contribution < -0.4 is 19.1 Å². The lowest BCUT2D eigenvalue weighted by Gasteiger charge is -2.24. The summed E-state index contributed by atoms with van der Waals surface area (Å²) in [4.78, 5) is 45.5. The number of aliphatic hydroxyl groups excluding tert-OH is 1. The fourth-order valence-corrected chi connectivity index (χ4v) is 5.34. The summed E-state index contributed by atoms with van der Waals surface area (Å²) in [6.45, 7) is 9.52. The van der Waals surface area contributed by atoms with E-state index in [4.69, 9.17) is 18.9 Å². The number of nitrogens with zero attached hydrogens (tertiary/aromatic N) is 2. The Morgan fingerprint density at radius 3 is 2.46 bits per heavy atom. The van der Waals surface area contributed by atoms with Crippen molar-refractivity contribution in [2.24, 2.45) is 0 Å². The van der Waals surface area contributed by atoms with E-state index in [0.29, 0.717) is 40.7 Å². The molecule has 2 heterocycles. The second kappa shape index (κ2) is 12.7. The molecule has 10 nitrogen and oxygen atoms in total. The molecule has 0 saturated carbocycles. The molecule has 0 spiro atoms. The molecule has 1 unspecified atom stereocenters. The number of methoxy groups -OCH3 is 1. The fourth-order valence-electron chi connectivity index (χ4n) is 4.35. The van der Waals surface area contributed by atoms with Gasteiger partial charge >= 0.3 is 11.9 Å². The molecule has 41 heavy (non-hydrogen) atoms. The molecule has 2 aromatic carbocycles. The highest BCUT2D eigenvalue weighted by atomic mass is 32.1. The highest BCUT2D eigenvalue weighted by Crippen LogP contribution is 2.45. The molecule has 1 aliphatic rings. The summed E-state index contributed by atoms with van der Waals surface area (Å²) >= 11 is 0.932. The molecule has 1 aliphatic heterocycles. The van der Waals surface area contributed by atoms with E-state index < -0.39 is 23.7 Å². The zero-order valence-corrected chi connectivity index (χ0v) is 23.9. The lowest BCUT2D eigenvalue weighted by molar-refractivity contribution is -0.132. The number of Topliss-reactive ketones (excluding diaryl/α,β-unsaturated/α-hetero) is 1. The van der Waals surface area contributed by atoms with Gasteiger partial charge in [0.15, 0.2) is 16.6 Å². The molecule has 11 heteroatoms. The van der Waals surface area contributed by atoms with Crippen LogP contribution in [0.1, 0.15) is 46.4 Å². The van der Waals surface area contributed by atoms with Crippen LogP contribution in [0.25, 0.3) is 5.76 Å². The second-order valence-electron chi connectivity index (χ2n) is 8.77. The minimum atomic E-state index is -1.09. The van der Waals surface area contributed by atoms with Gasteiger partial charge in [-0.05, 0) is 62.7 Å². The van der Waals surface area contributed by atoms with Gasteiger partial charge in [0, 0.05) is 5.56 Å². The number of ketones is 1. The monoisotopic (exact) mass is 578 g/mol. The molecule has 1 atom stereocenters. The molecule has 1 N–H and O–H groups in total. The van der Waals surface area contributed by atoms with Gasteiger partial charge in [0.1, 0.15) is 23.0 Å². The van der Waals surface area contributed by atoms with Crippen molar-refractivity contribution in [2.75, 3.05) is 31.8 Å². The van der Waals surface area contributed by atoms with Crippen LogP contribution in [-0.4, -0.2) is 54.7 Å². The summed E-state index contributed by atoms with van der Waals surface area (Å²) in [5.41, 5.74) is 0.974. The maximum absolute atomic E-state index is 13.6. The Kier molecular flexibility index (Phi) is 9.08. The second-order valence-corrected chi connectivity index (χ2v) is 9.75. The molecule has 1 amide bonds. The first-order valence-corrected chi connectivity index (χ1v) is 13.7. The fraction of sp³-hybridized carbons (Fsp3) is 0.267. The molecule has 3 aromatic rings. The summed E-state index contributed by atoms with van der Waals surface area (Å²) in [5.74, 6) is -1.38. The Morgan fingerprint density at radius 2 is 1.83 bits per heavy atom. The van der Waals surface area contributed by atoms with Crippen molar-refractivity contribution in [3.8, 4) is 17.2 Å². The van der Waals surface area contributed by atoms with Crippen LogP contribution in [0.2, 0.25) is 0 Å². The summed E-state index contributed by atoms with van der Waals surface area (Å²) < 4.78 is 21.9. The lowest BCUT2D eigenvalue weighted by Crippen LogP contribution is -2.29. The van der Waals surface area contributed by atoms with Crippen molar-refractivity contribution >= 4 is 39.9 Å². The van der Waals surface area contributed by atoms with Gasteiger partial charge in [-0.2, -0.15) is 0 Å². The number of esters is 1. The Morgan fingerprint density at radius 1 is 1.10 bits per heavy atom. The average Bonchev–Trinajstić information content (AvgIpc) is 3.48.